The van der Waals surface area contributed by atoms with Gasteiger partial charge in [-0.1, -0.05) is 0 Å². The summed E-state index contributed by atoms with van der Waals surface area (Å²) in [7, 11) is 1.51. The zero-order valence-corrected chi connectivity index (χ0v) is 6.59. The van der Waals surface area contributed by atoms with Gasteiger partial charge in [0.2, 0.25) is 5.88 Å². The third kappa shape index (κ3) is 1.34. The zero-order valence-electron chi connectivity index (χ0n) is 6.59. The standard InChI is InChI=1S/C7H11N3O/c1-4-3-5(8)6(9)7(10-4)11-2/h3H,9H2,1-2H3,(H2,8,10). The average molecular weight is 153 g/mol. The molecule has 0 fully saturated rings. The van der Waals surface area contributed by atoms with E-state index >= 15 is 0 Å². The second kappa shape index (κ2) is 2.65. The summed E-state index contributed by atoms with van der Waals surface area (Å²) in [4.78, 5) is 4.02. The van der Waals surface area contributed by atoms with E-state index in [0.717, 1.165) is 5.69 Å². The highest BCUT2D eigenvalue weighted by molar-refractivity contribution is 5.68. The van der Waals surface area contributed by atoms with Crippen LogP contribution >= 0.6 is 0 Å². The number of pyridine rings is 1. The molecule has 0 spiro atoms. The first-order chi connectivity index (χ1) is 5.15. The maximum atomic E-state index is 5.55. The Morgan fingerprint density at radius 1 is 1.45 bits per heavy atom. The fourth-order valence-corrected chi connectivity index (χ4v) is 0.835. The number of hydrogen-bond acceptors (Lipinski definition) is 4. The van der Waals surface area contributed by atoms with Crippen LogP contribution in [-0.4, -0.2) is 12.1 Å². The topological polar surface area (TPSA) is 74.2 Å². The highest BCUT2D eigenvalue weighted by atomic mass is 16.5. The minimum Gasteiger partial charge on any atom is -0.479 e. The monoisotopic (exact) mass is 153 g/mol. The number of ether oxygens (including phenoxy) is 1. The van der Waals surface area contributed by atoms with Crippen LogP contribution in [0, 0.1) is 6.92 Å². The van der Waals surface area contributed by atoms with Crippen molar-refractivity contribution in [3.05, 3.63) is 11.8 Å². The molecule has 0 aliphatic carbocycles. The van der Waals surface area contributed by atoms with Crippen LogP contribution in [-0.2, 0) is 0 Å². The summed E-state index contributed by atoms with van der Waals surface area (Å²) < 4.78 is 4.89. The fourth-order valence-electron chi connectivity index (χ4n) is 0.835. The van der Waals surface area contributed by atoms with Crippen molar-refractivity contribution in [3.8, 4) is 5.88 Å². The molecule has 4 nitrogen and oxygen atoms in total. The molecule has 0 atom stereocenters. The summed E-state index contributed by atoms with van der Waals surface area (Å²) in [6, 6.07) is 1.71. The minimum absolute atomic E-state index is 0.391. The summed E-state index contributed by atoms with van der Waals surface area (Å²) in [5.41, 5.74) is 12.8. The molecule has 0 unspecified atom stereocenters. The lowest BCUT2D eigenvalue weighted by molar-refractivity contribution is 0.399. The van der Waals surface area contributed by atoms with Crippen LogP contribution in [0.5, 0.6) is 5.88 Å². The molecule has 0 radical (unpaired) electrons. The van der Waals surface area contributed by atoms with E-state index in [4.69, 9.17) is 16.2 Å². The van der Waals surface area contributed by atoms with Gasteiger partial charge in [0.1, 0.15) is 5.69 Å². The van der Waals surface area contributed by atoms with Crippen molar-refractivity contribution in [2.24, 2.45) is 0 Å². The summed E-state index contributed by atoms with van der Waals surface area (Å²) in [5.74, 6) is 0.391. The van der Waals surface area contributed by atoms with E-state index in [1.165, 1.54) is 7.11 Å². The Morgan fingerprint density at radius 2 is 2.09 bits per heavy atom. The summed E-state index contributed by atoms with van der Waals surface area (Å²) in [6.45, 7) is 1.83. The number of nitrogens with zero attached hydrogens (tertiary/aromatic N) is 1. The Balaban J connectivity index is 3.24. The number of methoxy groups -OCH3 is 1. The normalized spacial score (nSPS) is 9.64. The van der Waals surface area contributed by atoms with E-state index in [1.807, 2.05) is 6.92 Å². The SMILES string of the molecule is COc1nc(C)cc(N)c1N. The third-order valence-corrected chi connectivity index (χ3v) is 1.38. The first kappa shape index (κ1) is 7.65. The number of nitrogen functional groups attached to an aromatic ring is 2. The van der Waals surface area contributed by atoms with E-state index in [9.17, 15) is 0 Å². The molecule has 0 aliphatic heterocycles. The zero-order chi connectivity index (χ0) is 8.43. The molecule has 4 heteroatoms. The second-order valence-corrected chi connectivity index (χ2v) is 2.28. The molecule has 0 aliphatic rings. The number of hydrogen-bond donors (Lipinski definition) is 2. The molecular weight excluding hydrogens is 142 g/mol. The molecule has 4 N–H and O–H groups in total. The predicted octanol–water partition coefficient (Wildman–Crippen LogP) is 0.563. The van der Waals surface area contributed by atoms with Crippen molar-refractivity contribution in [3.63, 3.8) is 0 Å². The van der Waals surface area contributed by atoms with Gasteiger partial charge in [0.05, 0.1) is 12.8 Å². The van der Waals surface area contributed by atoms with Crippen LogP contribution in [0.25, 0.3) is 0 Å². The van der Waals surface area contributed by atoms with Crippen LogP contribution in [0.4, 0.5) is 11.4 Å². The predicted molar refractivity (Wildman–Crippen MR) is 44.4 cm³/mol. The molecule has 0 amide bonds. The molecule has 0 aromatic carbocycles. The lowest BCUT2D eigenvalue weighted by atomic mass is 10.3. The first-order valence-electron chi connectivity index (χ1n) is 3.21. The van der Waals surface area contributed by atoms with Gasteiger partial charge in [-0.25, -0.2) is 4.98 Å². The Hall–Kier alpha value is -1.45. The van der Waals surface area contributed by atoms with Gasteiger partial charge in [-0.3, -0.25) is 0 Å². The number of anilines is 2. The van der Waals surface area contributed by atoms with Crippen molar-refractivity contribution in [1.82, 2.24) is 4.98 Å². The summed E-state index contributed by atoms with van der Waals surface area (Å²) in [5, 5.41) is 0. The van der Waals surface area contributed by atoms with Gasteiger partial charge in [0.15, 0.2) is 0 Å². The number of aryl methyl sites for hydroxylation is 1. The lowest BCUT2D eigenvalue weighted by Crippen LogP contribution is -2.01. The van der Waals surface area contributed by atoms with Crippen molar-refractivity contribution in [2.75, 3.05) is 18.6 Å². The maximum Gasteiger partial charge on any atom is 0.239 e. The Kier molecular flexibility index (Phi) is 1.85. The molecule has 0 saturated heterocycles. The molecule has 11 heavy (non-hydrogen) atoms. The van der Waals surface area contributed by atoms with Gasteiger partial charge in [0, 0.05) is 5.69 Å². The van der Waals surface area contributed by atoms with Crippen molar-refractivity contribution in [1.29, 1.82) is 0 Å². The molecule has 1 rings (SSSR count). The van der Waals surface area contributed by atoms with E-state index in [-0.39, 0.29) is 0 Å². The molecular formula is C7H11N3O. The highest BCUT2D eigenvalue weighted by Crippen LogP contribution is 2.24. The minimum atomic E-state index is 0.391. The van der Waals surface area contributed by atoms with E-state index < -0.39 is 0 Å². The first-order valence-corrected chi connectivity index (χ1v) is 3.21. The molecule has 1 aromatic rings. The third-order valence-electron chi connectivity index (χ3n) is 1.38. The summed E-state index contributed by atoms with van der Waals surface area (Å²) in [6.07, 6.45) is 0. The van der Waals surface area contributed by atoms with Gasteiger partial charge in [0.25, 0.3) is 0 Å². The van der Waals surface area contributed by atoms with Crippen LogP contribution in [0.3, 0.4) is 0 Å². The number of rotatable bonds is 1. The smallest absolute Gasteiger partial charge is 0.239 e. The lowest BCUT2D eigenvalue weighted by Gasteiger charge is -2.06. The molecule has 60 valence electrons. The summed E-state index contributed by atoms with van der Waals surface area (Å²) >= 11 is 0. The fraction of sp³-hybridized carbons (Fsp3) is 0.286. The Labute approximate surface area is 65.2 Å². The molecule has 0 bridgehead atoms. The highest BCUT2D eigenvalue weighted by Gasteiger charge is 2.04. The van der Waals surface area contributed by atoms with E-state index in [2.05, 4.69) is 4.98 Å². The van der Waals surface area contributed by atoms with Crippen LogP contribution < -0.4 is 16.2 Å². The number of aromatic nitrogens is 1. The van der Waals surface area contributed by atoms with Gasteiger partial charge >= 0.3 is 0 Å². The van der Waals surface area contributed by atoms with Gasteiger partial charge < -0.3 is 16.2 Å². The number of nitrogens with two attached hydrogens (primary N) is 2. The maximum absolute atomic E-state index is 5.55. The molecule has 1 heterocycles. The van der Waals surface area contributed by atoms with E-state index in [1.54, 1.807) is 6.07 Å². The Bertz CT molecular complexity index is 273. The van der Waals surface area contributed by atoms with Crippen LogP contribution in [0.2, 0.25) is 0 Å². The second-order valence-electron chi connectivity index (χ2n) is 2.28. The van der Waals surface area contributed by atoms with E-state index in [0.29, 0.717) is 17.3 Å². The Morgan fingerprint density at radius 3 is 2.64 bits per heavy atom. The van der Waals surface area contributed by atoms with Crippen molar-refractivity contribution < 1.29 is 4.74 Å². The van der Waals surface area contributed by atoms with Gasteiger partial charge in [-0.15, -0.1) is 0 Å². The molecule has 1 aromatic heterocycles. The average Bonchev–Trinajstić information content (AvgIpc) is 1.96. The van der Waals surface area contributed by atoms with Crippen molar-refractivity contribution in [2.45, 2.75) is 6.92 Å². The van der Waals surface area contributed by atoms with Gasteiger partial charge in [-0.05, 0) is 13.0 Å². The quantitative estimate of drug-likeness (QED) is 0.618. The largest absolute Gasteiger partial charge is 0.479 e. The van der Waals surface area contributed by atoms with Crippen LogP contribution in [0.15, 0.2) is 6.07 Å². The van der Waals surface area contributed by atoms with Crippen molar-refractivity contribution >= 4 is 11.4 Å². The van der Waals surface area contributed by atoms with Gasteiger partial charge in [-0.2, -0.15) is 0 Å². The molecule has 0 saturated carbocycles. The van der Waals surface area contributed by atoms with Crippen LogP contribution in [0.1, 0.15) is 5.69 Å².